The number of aromatic amines is 2. The predicted octanol–water partition coefficient (Wildman–Crippen LogP) is 8.59. The highest BCUT2D eigenvalue weighted by molar-refractivity contribution is 7.93. The molecule has 2 fully saturated rings. The Hall–Kier alpha value is -9.23. The van der Waals surface area contributed by atoms with Crippen LogP contribution in [0.25, 0.3) is 22.5 Å². The van der Waals surface area contributed by atoms with E-state index in [4.69, 9.17) is 25.7 Å². The minimum absolute atomic E-state index is 0.0164. The van der Waals surface area contributed by atoms with E-state index in [9.17, 15) is 52.8 Å². The minimum Gasteiger partial charge on any atom is -0.484 e. The molecule has 1 saturated heterocycles. The van der Waals surface area contributed by atoms with Gasteiger partial charge >= 0.3 is 11.5 Å². The van der Waals surface area contributed by atoms with Crippen molar-refractivity contribution in [2.45, 2.75) is 61.9 Å². The highest BCUT2D eigenvalue weighted by Crippen LogP contribution is 2.51. The Labute approximate surface area is 462 Å². The molecule has 10 N–H and O–H groups in total. The second-order valence-electron chi connectivity index (χ2n) is 18.4. The van der Waals surface area contributed by atoms with Crippen molar-refractivity contribution in [3.63, 3.8) is 0 Å². The summed E-state index contributed by atoms with van der Waals surface area (Å²) < 4.78 is 150. The largest absolute Gasteiger partial charge is 0.484 e. The van der Waals surface area contributed by atoms with Crippen LogP contribution in [-0.2, 0) is 30.4 Å². The molecule has 23 nitrogen and oxygen atoms in total. The normalized spacial score (nSPS) is 14.5. The summed E-state index contributed by atoms with van der Waals surface area (Å²) in [4.78, 5) is 33.0. The zero-order chi connectivity index (χ0) is 58.5. The number of anilines is 6. The molecule has 2 amide bonds. The van der Waals surface area contributed by atoms with E-state index in [0.29, 0.717) is 48.7 Å². The van der Waals surface area contributed by atoms with Crippen molar-refractivity contribution in [1.29, 1.82) is 0 Å². The predicted molar refractivity (Wildman–Crippen MR) is 285 cm³/mol. The summed E-state index contributed by atoms with van der Waals surface area (Å²) in [5, 5.41) is 24.1. The smallest absolute Gasteiger partial charge is 0.355 e. The van der Waals surface area contributed by atoms with E-state index in [-0.39, 0.29) is 74.2 Å². The van der Waals surface area contributed by atoms with Gasteiger partial charge in [0.2, 0.25) is 0 Å². The lowest BCUT2D eigenvalue weighted by molar-refractivity contribution is 0.0662. The number of hydrogen-bond donors (Lipinski definition) is 8. The number of nitrogens with two attached hydrogens (primary N) is 2. The number of alkyl halides is 4. The standard InChI is InChI=1S/C27H28F3N7O5S.C24H20F3N7O4S/c1-15(16-2-5-18(28)6-3-16)42-22-12-17(4-7-21(22)36-43(39,40)27(29)30)24-23(25(31)38)26(35-34-24)33-19-13-32-37(14-19)20-8-10-41-11-9-20;25-15-4-2-14(3-5-15)24(7-8-24)38-17-11-13(1-6-16(17)34-39(36,37)23(26)27)20-19(21(28)35)22(33-32-20)31-18-12-29-9-10-30-18/h2-7,12-15,20,27,36H,8-11H2,1H3,(H2,31,38)(H2,33,34,35);1-6,9-12,23,34H,7-8H2,(H2,28,35)(H2,30,31,32,33). The fourth-order valence-corrected chi connectivity index (χ4v) is 9.68. The number of carbonyl (C=O) groups is 2. The number of ether oxygens (including phenoxy) is 3. The lowest BCUT2D eigenvalue weighted by Gasteiger charge is -2.22. The molecule has 82 heavy (non-hydrogen) atoms. The summed E-state index contributed by atoms with van der Waals surface area (Å²) in [5.41, 5.74) is 12.2. The van der Waals surface area contributed by atoms with Gasteiger partial charge in [0.05, 0.1) is 35.5 Å². The Morgan fingerprint density at radius 2 is 1.27 bits per heavy atom. The number of sulfonamides is 2. The summed E-state index contributed by atoms with van der Waals surface area (Å²) in [7, 11) is -10.1. The van der Waals surface area contributed by atoms with Crippen molar-refractivity contribution in [2.75, 3.05) is 33.3 Å². The van der Waals surface area contributed by atoms with Crippen LogP contribution >= 0.6 is 0 Å². The second-order valence-corrected chi connectivity index (χ2v) is 21.7. The van der Waals surface area contributed by atoms with Gasteiger partial charge < -0.3 is 36.3 Å². The summed E-state index contributed by atoms with van der Waals surface area (Å²) in [6, 6.07) is 18.9. The van der Waals surface area contributed by atoms with Crippen LogP contribution < -0.4 is 41.0 Å². The highest BCUT2D eigenvalue weighted by atomic mass is 32.2. The van der Waals surface area contributed by atoms with Crippen molar-refractivity contribution in [2.24, 2.45) is 11.5 Å². The van der Waals surface area contributed by atoms with Crippen LogP contribution in [0.15, 0.2) is 116 Å². The Balaban J connectivity index is 0.000000198. The maximum Gasteiger partial charge on any atom is 0.355 e. The number of H-pyrrole nitrogens is 2. The molecule has 0 radical (unpaired) electrons. The summed E-state index contributed by atoms with van der Waals surface area (Å²) in [5.74, 6) is -9.66. The lowest BCUT2D eigenvalue weighted by Crippen LogP contribution is -2.22. The summed E-state index contributed by atoms with van der Waals surface area (Å²) in [6.07, 6.45) is 9.56. The number of rotatable bonds is 21. The summed E-state index contributed by atoms with van der Waals surface area (Å²) >= 11 is 0. The highest BCUT2D eigenvalue weighted by Gasteiger charge is 2.48. The van der Waals surface area contributed by atoms with Gasteiger partial charge in [-0.1, -0.05) is 36.4 Å². The number of nitrogens with zero attached hydrogens (tertiary/aromatic N) is 6. The number of nitrogens with one attached hydrogen (secondary N) is 6. The van der Waals surface area contributed by atoms with Crippen LogP contribution in [-0.4, -0.2) is 93.5 Å². The molecule has 1 saturated carbocycles. The van der Waals surface area contributed by atoms with Crippen molar-refractivity contribution >= 4 is 66.4 Å². The van der Waals surface area contributed by atoms with Gasteiger partial charge in [-0.15, -0.1) is 0 Å². The first-order valence-electron chi connectivity index (χ1n) is 24.5. The number of hydrogen-bond acceptors (Lipinski definition) is 16. The van der Waals surface area contributed by atoms with E-state index in [2.05, 4.69) is 46.1 Å². The molecule has 1 aliphatic heterocycles. The van der Waals surface area contributed by atoms with Gasteiger partial charge in [-0.3, -0.25) is 38.9 Å². The maximum absolute atomic E-state index is 13.5. The number of carbonyl (C=O) groups excluding carboxylic acids is 2. The molecule has 2 aliphatic rings. The zero-order valence-electron chi connectivity index (χ0n) is 42.6. The average Bonchev–Trinajstić information content (AvgIpc) is 3.85. The Bertz CT molecular complexity index is 3830. The molecule has 1 atom stereocenters. The third-order valence-corrected chi connectivity index (χ3v) is 14.7. The number of halogens is 6. The van der Waals surface area contributed by atoms with E-state index in [0.717, 1.165) is 12.8 Å². The first kappa shape index (κ1) is 57.5. The molecule has 5 heterocycles. The van der Waals surface area contributed by atoms with E-state index in [1.807, 2.05) is 14.1 Å². The van der Waals surface area contributed by atoms with Crippen LogP contribution in [0.3, 0.4) is 0 Å². The van der Waals surface area contributed by atoms with Crippen LogP contribution in [0.4, 0.5) is 60.9 Å². The van der Waals surface area contributed by atoms with Gasteiger partial charge in [-0.2, -0.15) is 32.9 Å². The second kappa shape index (κ2) is 23.8. The van der Waals surface area contributed by atoms with Crippen molar-refractivity contribution in [1.82, 2.24) is 40.1 Å². The molecular formula is C51H48F6N14O9S2. The molecule has 0 spiro atoms. The number of primary amides is 2. The molecule has 0 bridgehead atoms. The van der Waals surface area contributed by atoms with E-state index in [1.54, 1.807) is 19.3 Å². The Morgan fingerprint density at radius 3 is 1.79 bits per heavy atom. The number of benzene rings is 4. The molecule has 1 aliphatic carbocycles. The van der Waals surface area contributed by atoms with E-state index >= 15 is 0 Å². The first-order valence-corrected chi connectivity index (χ1v) is 27.6. The third kappa shape index (κ3) is 13.2. The van der Waals surface area contributed by atoms with Crippen LogP contribution in [0.1, 0.15) is 76.6 Å². The van der Waals surface area contributed by atoms with Crippen LogP contribution in [0, 0.1) is 11.6 Å². The molecular weight excluding hydrogens is 1130 g/mol. The maximum atomic E-state index is 13.5. The number of aromatic nitrogens is 8. The van der Waals surface area contributed by atoms with Gasteiger partial charge in [0.25, 0.3) is 31.9 Å². The van der Waals surface area contributed by atoms with Gasteiger partial charge in [0.15, 0.2) is 0 Å². The molecule has 10 rings (SSSR count). The first-order chi connectivity index (χ1) is 39.1. The molecule has 4 aromatic heterocycles. The monoisotopic (exact) mass is 1180 g/mol. The zero-order valence-corrected chi connectivity index (χ0v) is 44.3. The van der Waals surface area contributed by atoms with Gasteiger partial charge in [-0.25, -0.2) is 30.6 Å². The van der Waals surface area contributed by atoms with Crippen molar-refractivity contribution in [3.8, 4) is 34.0 Å². The molecule has 4 aromatic carbocycles. The fraction of sp³-hybridized carbons (Fsp3) is 0.235. The van der Waals surface area contributed by atoms with Crippen molar-refractivity contribution in [3.05, 3.63) is 150 Å². The molecule has 430 valence electrons. The molecule has 31 heteroatoms. The number of amides is 2. The van der Waals surface area contributed by atoms with E-state index < -0.39 is 66.7 Å². The molecule has 1 unspecified atom stereocenters. The SMILES string of the molecule is CC(Oc1cc(-c2n[nH]c(Nc3cnn(C4CCOCC4)c3)c2C(N)=O)ccc1NS(=O)(=O)C(F)F)c1ccc(F)cc1.NC(=O)c1c(-c2ccc(NS(=O)(=O)C(F)F)c(OC3(c4ccc(F)cc4)CC3)c2)n[nH]c1Nc1cnccn1. The summed E-state index contributed by atoms with van der Waals surface area (Å²) in [6.45, 7) is 2.89. The van der Waals surface area contributed by atoms with Crippen molar-refractivity contribution < 1.29 is 67.0 Å². The fourth-order valence-electron chi connectivity index (χ4n) is 8.56. The van der Waals surface area contributed by atoms with E-state index in [1.165, 1.54) is 104 Å². The lowest BCUT2D eigenvalue weighted by atomic mass is 10.0. The van der Waals surface area contributed by atoms with Gasteiger partial charge in [0.1, 0.15) is 74.8 Å². The van der Waals surface area contributed by atoms with Crippen LogP contribution in [0.5, 0.6) is 11.5 Å². The van der Waals surface area contributed by atoms with Crippen LogP contribution in [0.2, 0.25) is 0 Å². The third-order valence-electron chi connectivity index (χ3n) is 12.8. The van der Waals surface area contributed by atoms with Gasteiger partial charge in [-0.05, 0) is 92.3 Å². The van der Waals surface area contributed by atoms with Gasteiger partial charge in [0, 0.05) is 42.9 Å². The average molecular weight is 1180 g/mol. The Morgan fingerprint density at radius 1 is 0.732 bits per heavy atom. The Kier molecular flexibility index (Phi) is 16.7. The topological polar surface area (TPSA) is 331 Å². The minimum atomic E-state index is -5.05. The molecule has 8 aromatic rings. The quantitative estimate of drug-likeness (QED) is 0.0312.